The molecule has 0 aromatic rings. The van der Waals surface area contributed by atoms with Gasteiger partial charge in [-0.25, -0.2) is 4.79 Å². The van der Waals surface area contributed by atoms with Gasteiger partial charge in [0.15, 0.2) is 0 Å². The number of fused-ring (bicyclic) bond motifs is 1. The number of rotatable bonds is 3. The number of carbonyl (C=O) groups is 1. The van der Waals surface area contributed by atoms with Gasteiger partial charge in [0.2, 0.25) is 0 Å². The predicted molar refractivity (Wildman–Crippen MR) is 86.7 cm³/mol. The summed E-state index contributed by atoms with van der Waals surface area (Å²) < 4.78 is 0. The van der Waals surface area contributed by atoms with Crippen LogP contribution < -0.4 is 5.32 Å². The maximum Gasteiger partial charge on any atom is 0.317 e. The Labute approximate surface area is 134 Å². The minimum atomic E-state index is -0.232. The van der Waals surface area contributed by atoms with Crippen LogP contribution in [0.1, 0.15) is 51.4 Å². The van der Waals surface area contributed by atoms with Crippen molar-refractivity contribution in [2.24, 2.45) is 5.92 Å². The summed E-state index contributed by atoms with van der Waals surface area (Å²) in [5.41, 5.74) is 0. The third-order valence-corrected chi connectivity index (χ3v) is 5.89. The highest BCUT2D eigenvalue weighted by atomic mass is 16.3. The van der Waals surface area contributed by atoms with Gasteiger partial charge in [-0.05, 0) is 38.6 Å². The van der Waals surface area contributed by atoms with Gasteiger partial charge in [0.1, 0.15) is 0 Å². The van der Waals surface area contributed by atoms with Crippen LogP contribution in [0.3, 0.4) is 0 Å². The molecule has 1 aliphatic carbocycles. The third-order valence-electron chi connectivity index (χ3n) is 5.89. The van der Waals surface area contributed by atoms with E-state index in [1.54, 1.807) is 4.90 Å². The molecule has 0 bridgehead atoms. The third kappa shape index (κ3) is 3.57. The summed E-state index contributed by atoms with van der Waals surface area (Å²) in [6, 6.07) is 0.896. The van der Waals surface area contributed by atoms with Crippen LogP contribution in [0.25, 0.3) is 0 Å². The van der Waals surface area contributed by atoms with Crippen LogP contribution in [-0.4, -0.2) is 65.8 Å². The zero-order valence-electron chi connectivity index (χ0n) is 13.8. The molecule has 3 rings (SSSR count). The molecule has 5 heteroatoms. The first-order valence-electron chi connectivity index (χ1n) is 9.09. The summed E-state index contributed by atoms with van der Waals surface area (Å²) in [4.78, 5) is 16.8. The van der Waals surface area contributed by atoms with Gasteiger partial charge < -0.3 is 15.3 Å². The summed E-state index contributed by atoms with van der Waals surface area (Å²) in [7, 11) is 1.87. The molecule has 0 radical (unpaired) electrons. The molecule has 2 aliphatic heterocycles. The maximum absolute atomic E-state index is 12.5. The van der Waals surface area contributed by atoms with Crippen LogP contribution >= 0.6 is 0 Å². The van der Waals surface area contributed by atoms with E-state index in [0.29, 0.717) is 18.6 Å². The largest absolute Gasteiger partial charge is 0.393 e. The standard InChI is InChI=1S/C17H31N3O2/c1-19(12-13-6-2-3-8-16(13)21)17(22)18-14-9-11-20-10-5-4-7-15(14)20/h13-16,21H,2-12H2,1H3,(H,18,22)/t13-,14+,15+,16-/m0/s1. The fourth-order valence-corrected chi connectivity index (χ4v) is 4.52. The molecule has 0 aromatic heterocycles. The average Bonchev–Trinajstić information content (AvgIpc) is 2.93. The van der Waals surface area contributed by atoms with Gasteiger partial charge in [0.05, 0.1) is 6.10 Å². The number of hydrogen-bond donors (Lipinski definition) is 2. The van der Waals surface area contributed by atoms with Gasteiger partial charge in [-0.15, -0.1) is 0 Å². The molecule has 2 saturated heterocycles. The fraction of sp³-hybridized carbons (Fsp3) is 0.941. The maximum atomic E-state index is 12.5. The first-order valence-corrected chi connectivity index (χ1v) is 9.09. The van der Waals surface area contributed by atoms with E-state index in [4.69, 9.17) is 0 Å². The molecule has 2 N–H and O–H groups in total. The van der Waals surface area contributed by atoms with Gasteiger partial charge in [0.25, 0.3) is 0 Å². The summed E-state index contributed by atoms with van der Waals surface area (Å²) in [6.45, 7) is 3.00. The molecule has 2 heterocycles. The molecule has 0 unspecified atom stereocenters. The van der Waals surface area contributed by atoms with E-state index < -0.39 is 0 Å². The number of carbonyl (C=O) groups excluding carboxylic acids is 1. The number of aliphatic hydroxyl groups is 1. The van der Waals surface area contributed by atoms with E-state index in [9.17, 15) is 9.90 Å². The van der Waals surface area contributed by atoms with E-state index in [0.717, 1.165) is 32.2 Å². The smallest absolute Gasteiger partial charge is 0.317 e. The summed E-state index contributed by atoms with van der Waals surface area (Å²) in [5.74, 6) is 0.249. The minimum absolute atomic E-state index is 0.0372. The van der Waals surface area contributed by atoms with Crippen molar-refractivity contribution in [3.63, 3.8) is 0 Å². The van der Waals surface area contributed by atoms with E-state index >= 15 is 0 Å². The Balaban J connectivity index is 1.48. The molecule has 0 spiro atoms. The lowest BCUT2D eigenvalue weighted by atomic mass is 9.86. The average molecular weight is 309 g/mol. The van der Waals surface area contributed by atoms with Gasteiger partial charge in [-0.3, -0.25) is 4.90 Å². The molecule has 22 heavy (non-hydrogen) atoms. The van der Waals surface area contributed by atoms with Gasteiger partial charge in [0, 0.05) is 38.1 Å². The van der Waals surface area contributed by atoms with Gasteiger partial charge in [-0.2, -0.15) is 0 Å². The van der Waals surface area contributed by atoms with Crippen molar-refractivity contribution in [2.75, 3.05) is 26.7 Å². The lowest BCUT2D eigenvalue weighted by Gasteiger charge is -2.34. The highest BCUT2D eigenvalue weighted by Crippen LogP contribution is 2.28. The monoisotopic (exact) mass is 309 g/mol. The minimum Gasteiger partial charge on any atom is -0.393 e. The summed E-state index contributed by atoms with van der Waals surface area (Å²) in [5, 5.41) is 13.3. The van der Waals surface area contributed by atoms with E-state index in [-0.39, 0.29) is 18.1 Å². The highest BCUT2D eigenvalue weighted by molar-refractivity contribution is 5.74. The van der Waals surface area contributed by atoms with Crippen LogP contribution in [-0.2, 0) is 0 Å². The number of amides is 2. The Morgan fingerprint density at radius 1 is 1.14 bits per heavy atom. The van der Waals surface area contributed by atoms with Crippen molar-refractivity contribution in [2.45, 2.75) is 69.6 Å². The molecule has 126 valence electrons. The van der Waals surface area contributed by atoms with Crippen LogP contribution in [0, 0.1) is 5.92 Å². The van der Waals surface area contributed by atoms with Crippen LogP contribution in [0.5, 0.6) is 0 Å². The number of piperidine rings is 1. The molecule has 2 amide bonds. The van der Waals surface area contributed by atoms with Crippen molar-refractivity contribution in [3.8, 4) is 0 Å². The van der Waals surface area contributed by atoms with Crippen molar-refractivity contribution < 1.29 is 9.90 Å². The van der Waals surface area contributed by atoms with E-state index in [1.165, 1.54) is 32.2 Å². The van der Waals surface area contributed by atoms with Crippen LogP contribution in [0.15, 0.2) is 0 Å². The molecule has 5 nitrogen and oxygen atoms in total. The Morgan fingerprint density at radius 2 is 1.91 bits per heavy atom. The Hall–Kier alpha value is -0.810. The molecule has 3 fully saturated rings. The Bertz CT molecular complexity index is 390. The summed E-state index contributed by atoms with van der Waals surface area (Å²) >= 11 is 0. The van der Waals surface area contributed by atoms with E-state index in [1.807, 2.05) is 7.05 Å². The second-order valence-corrected chi connectivity index (χ2v) is 7.44. The van der Waals surface area contributed by atoms with E-state index in [2.05, 4.69) is 10.2 Å². The number of nitrogens with zero attached hydrogens (tertiary/aromatic N) is 2. The second kappa shape index (κ2) is 7.18. The van der Waals surface area contributed by atoms with Crippen LogP contribution in [0.2, 0.25) is 0 Å². The second-order valence-electron chi connectivity index (χ2n) is 7.44. The summed E-state index contributed by atoms with van der Waals surface area (Å²) in [6.07, 6.45) is 8.88. The van der Waals surface area contributed by atoms with Gasteiger partial charge >= 0.3 is 6.03 Å². The molecular weight excluding hydrogens is 278 g/mol. The normalized spacial score (nSPS) is 35.9. The van der Waals surface area contributed by atoms with Crippen molar-refractivity contribution in [1.82, 2.24) is 15.1 Å². The van der Waals surface area contributed by atoms with Gasteiger partial charge in [-0.1, -0.05) is 19.3 Å². The number of nitrogens with one attached hydrogen (secondary N) is 1. The number of aliphatic hydroxyl groups excluding tert-OH is 1. The molecule has 4 atom stereocenters. The number of hydrogen-bond acceptors (Lipinski definition) is 3. The zero-order valence-corrected chi connectivity index (χ0v) is 13.8. The zero-order chi connectivity index (χ0) is 15.5. The topological polar surface area (TPSA) is 55.8 Å². The van der Waals surface area contributed by atoms with Crippen molar-refractivity contribution >= 4 is 6.03 Å². The molecular formula is C17H31N3O2. The fourth-order valence-electron chi connectivity index (χ4n) is 4.52. The number of urea groups is 1. The predicted octanol–water partition coefficient (Wildman–Crippen LogP) is 1.81. The Kier molecular flexibility index (Phi) is 5.24. The van der Waals surface area contributed by atoms with Crippen molar-refractivity contribution in [1.29, 1.82) is 0 Å². The molecule has 0 aromatic carbocycles. The lowest BCUT2D eigenvalue weighted by Crippen LogP contribution is -2.51. The molecule has 1 saturated carbocycles. The quantitative estimate of drug-likeness (QED) is 0.836. The Morgan fingerprint density at radius 3 is 2.73 bits per heavy atom. The van der Waals surface area contributed by atoms with Crippen LogP contribution in [0.4, 0.5) is 4.79 Å². The SMILES string of the molecule is CN(C[C@@H]1CCCC[C@@H]1O)C(=O)N[C@@H]1CCN2CCCC[C@H]12. The van der Waals surface area contributed by atoms with Crippen molar-refractivity contribution in [3.05, 3.63) is 0 Å². The highest BCUT2D eigenvalue weighted by Gasteiger charge is 2.36. The molecule has 3 aliphatic rings. The first-order chi connectivity index (χ1) is 10.6. The first kappa shape index (κ1) is 16.1. The lowest BCUT2D eigenvalue weighted by molar-refractivity contribution is 0.0560.